The SMILES string of the molecule is O=C1CC(CCl)CN1c1cc(Cl)ccc1F. The molecule has 1 aromatic rings. The van der Waals surface area contributed by atoms with Gasteiger partial charge < -0.3 is 4.90 Å². The van der Waals surface area contributed by atoms with Gasteiger partial charge in [-0.3, -0.25) is 4.79 Å². The van der Waals surface area contributed by atoms with Crippen molar-refractivity contribution in [1.29, 1.82) is 0 Å². The summed E-state index contributed by atoms with van der Waals surface area (Å²) in [5.41, 5.74) is 0.241. The molecule has 0 aliphatic carbocycles. The normalized spacial score (nSPS) is 20.6. The Hall–Kier alpha value is -0.800. The molecule has 0 radical (unpaired) electrons. The van der Waals surface area contributed by atoms with Gasteiger partial charge in [-0.25, -0.2) is 4.39 Å². The van der Waals surface area contributed by atoms with E-state index in [2.05, 4.69) is 0 Å². The number of alkyl halides is 1. The van der Waals surface area contributed by atoms with Crippen LogP contribution in [0.5, 0.6) is 0 Å². The lowest BCUT2D eigenvalue weighted by atomic mass is 10.1. The van der Waals surface area contributed by atoms with E-state index in [0.29, 0.717) is 23.9 Å². The average Bonchev–Trinajstić information content (AvgIpc) is 2.63. The first-order chi connectivity index (χ1) is 7.61. The van der Waals surface area contributed by atoms with E-state index in [9.17, 15) is 9.18 Å². The first kappa shape index (κ1) is 11.7. The Bertz CT molecular complexity index is 424. The lowest BCUT2D eigenvalue weighted by molar-refractivity contribution is -0.117. The topological polar surface area (TPSA) is 20.3 Å². The maximum absolute atomic E-state index is 13.5. The first-order valence-corrected chi connectivity index (χ1v) is 5.84. The monoisotopic (exact) mass is 261 g/mol. The Morgan fingerprint density at radius 2 is 2.25 bits per heavy atom. The van der Waals surface area contributed by atoms with Crippen LogP contribution in [-0.4, -0.2) is 18.3 Å². The van der Waals surface area contributed by atoms with Gasteiger partial charge in [-0.2, -0.15) is 0 Å². The second-order valence-corrected chi connectivity index (χ2v) is 4.57. The summed E-state index contributed by atoms with van der Waals surface area (Å²) in [7, 11) is 0. The smallest absolute Gasteiger partial charge is 0.227 e. The van der Waals surface area contributed by atoms with Gasteiger partial charge in [0, 0.05) is 23.9 Å². The van der Waals surface area contributed by atoms with E-state index >= 15 is 0 Å². The van der Waals surface area contributed by atoms with Crippen molar-refractivity contribution < 1.29 is 9.18 Å². The summed E-state index contributed by atoms with van der Waals surface area (Å²) in [5, 5.41) is 0.415. The molecule has 86 valence electrons. The highest BCUT2D eigenvalue weighted by atomic mass is 35.5. The lowest BCUT2D eigenvalue weighted by Crippen LogP contribution is -2.25. The highest BCUT2D eigenvalue weighted by Crippen LogP contribution is 2.29. The molecule has 1 unspecified atom stereocenters. The number of amides is 1. The zero-order valence-electron chi connectivity index (χ0n) is 8.42. The van der Waals surface area contributed by atoms with Crippen molar-refractivity contribution in [1.82, 2.24) is 0 Å². The van der Waals surface area contributed by atoms with E-state index in [1.807, 2.05) is 0 Å². The number of anilines is 1. The minimum Gasteiger partial charge on any atom is -0.309 e. The first-order valence-electron chi connectivity index (χ1n) is 4.93. The minimum atomic E-state index is -0.437. The van der Waals surface area contributed by atoms with Crippen LogP contribution in [0.4, 0.5) is 10.1 Å². The van der Waals surface area contributed by atoms with Crippen LogP contribution < -0.4 is 4.90 Å². The fourth-order valence-corrected chi connectivity index (χ4v) is 2.18. The Balaban J connectivity index is 2.30. The summed E-state index contributed by atoms with van der Waals surface area (Å²) >= 11 is 11.5. The van der Waals surface area contributed by atoms with Crippen LogP contribution in [0.1, 0.15) is 6.42 Å². The van der Waals surface area contributed by atoms with Crippen LogP contribution in [0.25, 0.3) is 0 Å². The Morgan fingerprint density at radius 3 is 2.88 bits per heavy atom. The van der Waals surface area contributed by atoms with Crippen molar-refractivity contribution in [3.8, 4) is 0 Å². The number of hydrogen-bond donors (Lipinski definition) is 0. The zero-order valence-corrected chi connectivity index (χ0v) is 9.93. The summed E-state index contributed by atoms with van der Waals surface area (Å²) in [6, 6.07) is 4.18. The molecule has 1 aliphatic rings. The second-order valence-electron chi connectivity index (χ2n) is 3.82. The fraction of sp³-hybridized carbons (Fsp3) is 0.364. The molecule has 1 aliphatic heterocycles. The molecule has 0 aromatic heterocycles. The van der Waals surface area contributed by atoms with Crippen LogP contribution in [0.2, 0.25) is 5.02 Å². The molecule has 2 rings (SSSR count). The third kappa shape index (κ3) is 2.15. The van der Waals surface area contributed by atoms with Crippen LogP contribution in [-0.2, 0) is 4.79 Å². The molecule has 16 heavy (non-hydrogen) atoms. The molecule has 5 heteroatoms. The predicted octanol–water partition coefficient (Wildman–Crippen LogP) is 3.07. The van der Waals surface area contributed by atoms with Crippen molar-refractivity contribution in [2.24, 2.45) is 5.92 Å². The van der Waals surface area contributed by atoms with E-state index in [1.54, 1.807) is 0 Å². The third-order valence-corrected chi connectivity index (χ3v) is 3.29. The summed E-state index contributed by atoms with van der Waals surface area (Å²) in [6.07, 6.45) is 0.370. The molecular formula is C11H10Cl2FNO. The van der Waals surface area contributed by atoms with Crippen molar-refractivity contribution in [2.75, 3.05) is 17.3 Å². The standard InChI is InChI=1S/C11H10Cl2FNO/c12-5-7-3-11(16)15(6-7)10-4-8(13)1-2-9(10)14/h1-2,4,7H,3,5-6H2. The van der Waals surface area contributed by atoms with E-state index in [-0.39, 0.29) is 17.5 Å². The van der Waals surface area contributed by atoms with Crippen LogP contribution in [0.15, 0.2) is 18.2 Å². The quantitative estimate of drug-likeness (QED) is 0.750. The van der Waals surface area contributed by atoms with Crippen LogP contribution in [0.3, 0.4) is 0 Å². The van der Waals surface area contributed by atoms with Gasteiger partial charge in [-0.05, 0) is 24.1 Å². The average molecular weight is 262 g/mol. The molecular weight excluding hydrogens is 252 g/mol. The molecule has 1 heterocycles. The molecule has 2 nitrogen and oxygen atoms in total. The van der Waals surface area contributed by atoms with Crippen molar-refractivity contribution in [3.05, 3.63) is 29.0 Å². The molecule has 1 fully saturated rings. The molecule has 0 saturated carbocycles. The second kappa shape index (κ2) is 4.60. The van der Waals surface area contributed by atoms with Crippen molar-refractivity contribution in [2.45, 2.75) is 6.42 Å². The van der Waals surface area contributed by atoms with Gasteiger partial charge >= 0.3 is 0 Å². The van der Waals surface area contributed by atoms with Crippen molar-refractivity contribution in [3.63, 3.8) is 0 Å². The molecule has 0 N–H and O–H groups in total. The number of halogens is 3. The van der Waals surface area contributed by atoms with Gasteiger partial charge in [-0.15, -0.1) is 11.6 Å². The van der Waals surface area contributed by atoms with E-state index in [0.717, 1.165) is 0 Å². The predicted molar refractivity (Wildman–Crippen MR) is 62.6 cm³/mol. The number of benzene rings is 1. The molecule has 0 spiro atoms. The van der Waals surface area contributed by atoms with Crippen LogP contribution in [0, 0.1) is 11.7 Å². The van der Waals surface area contributed by atoms with Gasteiger partial charge in [0.15, 0.2) is 0 Å². The van der Waals surface area contributed by atoms with Crippen LogP contribution >= 0.6 is 23.2 Å². The van der Waals surface area contributed by atoms with E-state index in [1.165, 1.54) is 23.1 Å². The summed E-state index contributed by atoms with van der Waals surface area (Å²) in [6.45, 7) is 0.458. The molecule has 1 amide bonds. The Morgan fingerprint density at radius 1 is 1.50 bits per heavy atom. The lowest BCUT2D eigenvalue weighted by Gasteiger charge is -2.17. The van der Waals surface area contributed by atoms with Gasteiger partial charge in [-0.1, -0.05) is 11.6 Å². The van der Waals surface area contributed by atoms with Gasteiger partial charge in [0.05, 0.1) is 5.69 Å². The zero-order chi connectivity index (χ0) is 11.7. The number of hydrogen-bond acceptors (Lipinski definition) is 1. The van der Waals surface area contributed by atoms with E-state index < -0.39 is 5.82 Å². The van der Waals surface area contributed by atoms with Gasteiger partial charge in [0.1, 0.15) is 5.82 Å². The summed E-state index contributed by atoms with van der Waals surface area (Å²) < 4.78 is 13.5. The Kier molecular flexibility index (Phi) is 3.36. The minimum absolute atomic E-state index is 0.0903. The van der Waals surface area contributed by atoms with Gasteiger partial charge in [0.2, 0.25) is 5.91 Å². The van der Waals surface area contributed by atoms with E-state index in [4.69, 9.17) is 23.2 Å². The number of nitrogens with zero attached hydrogens (tertiary/aromatic N) is 1. The highest BCUT2D eigenvalue weighted by molar-refractivity contribution is 6.31. The number of carbonyl (C=O) groups excluding carboxylic acids is 1. The maximum atomic E-state index is 13.5. The third-order valence-electron chi connectivity index (χ3n) is 2.62. The maximum Gasteiger partial charge on any atom is 0.227 e. The largest absolute Gasteiger partial charge is 0.309 e. The van der Waals surface area contributed by atoms with Crippen molar-refractivity contribution >= 4 is 34.8 Å². The Labute approximate surface area is 103 Å². The number of rotatable bonds is 2. The molecule has 1 atom stereocenters. The fourth-order valence-electron chi connectivity index (χ4n) is 1.81. The number of carbonyl (C=O) groups is 1. The molecule has 1 aromatic carbocycles. The summed E-state index contributed by atoms with van der Waals surface area (Å²) in [5.74, 6) is -0.0444. The molecule has 0 bridgehead atoms. The summed E-state index contributed by atoms with van der Waals surface area (Å²) in [4.78, 5) is 13.1. The molecule has 1 saturated heterocycles. The van der Waals surface area contributed by atoms with Gasteiger partial charge in [0.25, 0.3) is 0 Å². The highest BCUT2D eigenvalue weighted by Gasteiger charge is 2.31.